The Bertz CT molecular complexity index is 929. The second-order valence-electron chi connectivity index (χ2n) is 7.17. The fourth-order valence-electron chi connectivity index (χ4n) is 3.50. The first kappa shape index (κ1) is 21.0. The van der Waals surface area contributed by atoms with E-state index >= 15 is 0 Å². The van der Waals surface area contributed by atoms with Gasteiger partial charge in [0.05, 0.1) is 23.9 Å². The molecule has 2 aromatic carbocycles. The average molecular weight is 417 g/mol. The minimum absolute atomic E-state index is 0.113. The second kappa shape index (κ2) is 9.18. The van der Waals surface area contributed by atoms with E-state index < -0.39 is 12.6 Å². The lowest BCUT2D eigenvalue weighted by Gasteiger charge is -2.20. The molecule has 1 amide bonds. The zero-order valence-corrected chi connectivity index (χ0v) is 17.3. The molecule has 29 heavy (non-hydrogen) atoms. The Morgan fingerprint density at radius 2 is 1.90 bits per heavy atom. The van der Waals surface area contributed by atoms with Gasteiger partial charge in [-0.3, -0.25) is 4.79 Å². The third-order valence-electron chi connectivity index (χ3n) is 5.12. The molecule has 6 nitrogen and oxygen atoms in total. The monoisotopic (exact) mass is 416 g/mol. The van der Waals surface area contributed by atoms with Crippen LogP contribution in [-0.4, -0.2) is 25.6 Å². The van der Waals surface area contributed by atoms with Crippen LogP contribution in [0, 0.1) is 0 Å². The van der Waals surface area contributed by atoms with Crippen molar-refractivity contribution in [3.8, 4) is 5.75 Å². The molecule has 0 unspecified atom stereocenters. The lowest BCUT2D eigenvalue weighted by Crippen LogP contribution is -2.31. The first-order chi connectivity index (χ1) is 13.9. The molecule has 0 aliphatic heterocycles. The van der Waals surface area contributed by atoms with Gasteiger partial charge in [0.1, 0.15) is 11.3 Å². The third-order valence-corrected chi connectivity index (χ3v) is 5.45. The minimum Gasteiger partial charge on any atom is -0.496 e. The van der Waals surface area contributed by atoms with Gasteiger partial charge in [0.25, 0.3) is 5.91 Å². The van der Waals surface area contributed by atoms with E-state index in [1.807, 2.05) is 13.0 Å². The summed E-state index contributed by atoms with van der Waals surface area (Å²) in [7, 11) is 1.41. The Kier molecular flexibility index (Phi) is 6.64. The molecule has 0 saturated heterocycles. The average Bonchev–Trinajstić information content (AvgIpc) is 2.73. The summed E-state index contributed by atoms with van der Waals surface area (Å²) in [5.41, 5.74) is 9.90. The maximum atomic E-state index is 12.3. The summed E-state index contributed by atoms with van der Waals surface area (Å²) in [4.78, 5) is 24.6. The number of aryl methyl sites for hydroxylation is 2. The van der Waals surface area contributed by atoms with Gasteiger partial charge in [-0.1, -0.05) is 29.8 Å². The minimum atomic E-state index is -0.708. The van der Waals surface area contributed by atoms with Crippen molar-refractivity contribution in [3.05, 3.63) is 57.6 Å². The molecule has 0 fully saturated rings. The van der Waals surface area contributed by atoms with E-state index in [9.17, 15) is 9.59 Å². The van der Waals surface area contributed by atoms with Crippen LogP contribution in [0.15, 0.2) is 30.3 Å². The number of nitrogens with two attached hydrogens (primary N) is 1. The van der Waals surface area contributed by atoms with Crippen LogP contribution in [-0.2, 0) is 22.4 Å². The molecular formula is C22H25ClN2O4. The number of ether oxygens (including phenoxy) is 2. The molecule has 0 bridgehead atoms. The normalized spacial score (nSPS) is 13.9. The standard InChI is InChI=1S/C22H25ClN2O4/c1-13(15-8-7-14-5-3-4-6-16(14)9-15)25-21(26)12-29-22(27)17-10-18(23)19(24)11-20(17)28-2/h7-11,13H,3-6,12,24H2,1-2H3,(H,25,26)/t13-/m0/s1. The number of benzene rings is 2. The molecule has 0 saturated carbocycles. The SMILES string of the molecule is COc1cc(N)c(Cl)cc1C(=O)OCC(=O)N[C@@H](C)c1ccc2c(c1)CCCC2. The molecule has 0 aromatic heterocycles. The number of nitrogens with one attached hydrogen (secondary N) is 1. The lowest BCUT2D eigenvalue weighted by molar-refractivity contribution is -0.124. The number of methoxy groups -OCH3 is 1. The molecular weight excluding hydrogens is 392 g/mol. The third kappa shape index (κ3) is 5.01. The van der Waals surface area contributed by atoms with Crippen molar-refractivity contribution >= 4 is 29.2 Å². The molecule has 3 N–H and O–H groups in total. The van der Waals surface area contributed by atoms with E-state index in [2.05, 4.69) is 17.4 Å². The number of carbonyl (C=O) groups excluding carboxylic acids is 2. The highest BCUT2D eigenvalue weighted by molar-refractivity contribution is 6.33. The molecule has 0 radical (unpaired) electrons. The van der Waals surface area contributed by atoms with E-state index in [0.29, 0.717) is 0 Å². The van der Waals surface area contributed by atoms with Crippen molar-refractivity contribution in [1.29, 1.82) is 0 Å². The fraction of sp³-hybridized carbons (Fsp3) is 0.364. The number of nitrogen functional groups attached to an aromatic ring is 1. The lowest BCUT2D eigenvalue weighted by atomic mass is 9.89. The van der Waals surface area contributed by atoms with E-state index in [1.165, 1.54) is 43.2 Å². The van der Waals surface area contributed by atoms with Gasteiger partial charge in [-0.2, -0.15) is 0 Å². The topological polar surface area (TPSA) is 90.7 Å². The number of fused-ring (bicyclic) bond motifs is 1. The smallest absolute Gasteiger partial charge is 0.342 e. The number of hydrogen-bond acceptors (Lipinski definition) is 5. The van der Waals surface area contributed by atoms with Crippen LogP contribution in [0.5, 0.6) is 5.75 Å². The van der Waals surface area contributed by atoms with E-state index in [1.54, 1.807) is 0 Å². The first-order valence-electron chi connectivity index (χ1n) is 9.60. The van der Waals surface area contributed by atoms with Crippen LogP contribution in [0.4, 0.5) is 5.69 Å². The first-order valence-corrected chi connectivity index (χ1v) is 9.98. The van der Waals surface area contributed by atoms with E-state index in [4.69, 9.17) is 26.8 Å². The molecule has 154 valence electrons. The maximum absolute atomic E-state index is 12.3. The number of anilines is 1. The Balaban J connectivity index is 1.58. The van der Waals surface area contributed by atoms with E-state index in [0.717, 1.165) is 18.4 Å². The summed E-state index contributed by atoms with van der Waals surface area (Å²) in [5, 5.41) is 3.08. The van der Waals surface area contributed by atoms with Gasteiger partial charge in [-0.05, 0) is 55.4 Å². The van der Waals surface area contributed by atoms with Crippen LogP contribution in [0.2, 0.25) is 5.02 Å². The Hall–Kier alpha value is -2.73. The van der Waals surface area contributed by atoms with Crippen LogP contribution in [0.25, 0.3) is 0 Å². The molecule has 1 atom stereocenters. The predicted molar refractivity (Wildman–Crippen MR) is 112 cm³/mol. The van der Waals surface area contributed by atoms with Gasteiger partial charge in [0, 0.05) is 6.07 Å². The molecule has 0 spiro atoms. The van der Waals surface area contributed by atoms with Gasteiger partial charge in [0.2, 0.25) is 0 Å². The van der Waals surface area contributed by atoms with Crippen LogP contribution >= 0.6 is 11.6 Å². The quantitative estimate of drug-likeness (QED) is 0.551. The van der Waals surface area contributed by atoms with Crippen molar-refractivity contribution in [2.75, 3.05) is 19.5 Å². The second-order valence-corrected chi connectivity index (χ2v) is 7.58. The Labute approximate surface area is 175 Å². The van der Waals surface area contributed by atoms with Crippen LogP contribution in [0.3, 0.4) is 0 Å². The number of carbonyl (C=O) groups is 2. The summed E-state index contributed by atoms with van der Waals surface area (Å²) < 4.78 is 10.3. The zero-order valence-electron chi connectivity index (χ0n) is 16.6. The highest BCUT2D eigenvalue weighted by Gasteiger charge is 2.19. The summed E-state index contributed by atoms with van der Waals surface area (Å²) in [6.45, 7) is 1.51. The van der Waals surface area contributed by atoms with E-state index in [-0.39, 0.29) is 34.0 Å². The van der Waals surface area contributed by atoms with Crippen molar-refractivity contribution in [2.24, 2.45) is 0 Å². The molecule has 1 aliphatic carbocycles. The van der Waals surface area contributed by atoms with Crippen molar-refractivity contribution < 1.29 is 19.1 Å². The summed E-state index contributed by atoms with van der Waals surface area (Å²) >= 11 is 5.97. The Morgan fingerprint density at radius 3 is 2.62 bits per heavy atom. The highest BCUT2D eigenvalue weighted by Crippen LogP contribution is 2.29. The zero-order chi connectivity index (χ0) is 21.0. The molecule has 2 aromatic rings. The van der Waals surface area contributed by atoms with Gasteiger partial charge >= 0.3 is 5.97 Å². The largest absolute Gasteiger partial charge is 0.496 e. The fourth-order valence-corrected chi connectivity index (χ4v) is 3.66. The highest BCUT2D eigenvalue weighted by atomic mass is 35.5. The number of hydrogen-bond donors (Lipinski definition) is 2. The molecule has 1 aliphatic rings. The maximum Gasteiger partial charge on any atom is 0.342 e. The van der Waals surface area contributed by atoms with Crippen molar-refractivity contribution in [2.45, 2.75) is 38.6 Å². The van der Waals surface area contributed by atoms with Gasteiger partial charge in [-0.25, -0.2) is 4.79 Å². The summed E-state index contributed by atoms with van der Waals surface area (Å²) in [6, 6.07) is 8.97. The van der Waals surface area contributed by atoms with Crippen LogP contribution in [0.1, 0.15) is 52.9 Å². The van der Waals surface area contributed by atoms with Gasteiger partial charge in [-0.15, -0.1) is 0 Å². The number of rotatable bonds is 6. The number of amides is 1. The Morgan fingerprint density at radius 1 is 1.17 bits per heavy atom. The van der Waals surface area contributed by atoms with Crippen LogP contribution < -0.4 is 15.8 Å². The number of esters is 1. The predicted octanol–water partition coefficient (Wildman–Crippen LogP) is 3.84. The van der Waals surface area contributed by atoms with Crippen molar-refractivity contribution in [1.82, 2.24) is 5.32 Å². The summed E-state index contributed by atoms with van der Waals surface area (Å²) in [5.74, 6) is -0.857. The molecule has 3 rings (SSSR count). The molecule has 0 heterocycles. The summed E-state index contributed by atoms with van der Waals surface area (Å²) in [6.07, 6.45) is 4.62. The van der Waals surface area contributed by atoms with Gasteiger partial charge < -0.3 is 20.5 Å². The van der Waals surface area contributed by atoms with Gasteiger partial charge in [0.15, 0.2) is 6.61 Å². The van der Waals surface area contributed by atoms with Crippen molar-refractivity contribution in [3.63, 3.8) is 0 Å². The molecule has 7 heteroatoms. The number of halogens is 1.